The van der Waals surface area contributed by atoms with Crippen LogP contribution in [-0.4, -0.2) is 46.2 Å². The SMILES string of the molecule is Oc1cccc(Nc2ncnc3cc(-c4ccc(CN5CCNCC5)s4)sc23)c1. The number of nitrogens with one attached hydrogen (secondary N) is 2. The first-order valence-corrected chi connectivity index (χ1v) is 11.2. The predicted molar refractivity (Wildman–Crippen MR) is 120 cm³/mol. The number of phenolic OH excluding ortho intramolecular Hbond substituents is 1. The molecule has 1 aliphatic rings. The third-order valence-electron chi connectivity index (χ3n) is 4.91. The summed E-state index contributed by atoms with van der Waals surface area (Å²) >= 11 is 3.55. The summed E-state index contributed by atoms with van der Waals surface area (Å²) in [4.78, 5) is 15.2. The summed E-state index contributed by atoms with van der Waals surface area (Å²) in [6.07, 6.45) is 1.58. The summed E-state index contributed by atoms with van der Waals surface area (Å²) in [5.74, 6) is 0.984. The average Bonchev–Trinajstić information content (AvgIpc) is 3.36. The van der Waals surface area contributed by atoms with E-state index in [2.05, 4.69) is 43.7 Å². The number of hydrogen-bond acceptors (Lipinski definition) is 8. The molecular formula is C21H21N5OS2. The van der Waals surface area contributed by atoms with Gasteiger partial charge in [0.2, 0.25) is 0 Å². The molecule has 0 spiro atoms. The fourth-order valence-corrected chi connectivity index (χ4v) is 5.66. The van der Waals surface area contributed by atoms with Gasteiger partial charge in [-0.05, 0) is 30.3 Å². The lowest BCUT2D eigenvalue weighted by Crippen LogP contribution is -2.42. The van der Waals surface area contributed by atoms with E-state index in [1.165, 1.54) is 14.6 Å². The molecule has 8 heteroatoms. The number of aromatic nitrogens is 2. The van der Waals surface area contributed by atoms with Gasteiger partial charge in [-0.15, -0.1) is 22.7 Å². The number of anilines is 2. The van der Waals surface area contributed by atoms with E-state index in [1.54, 1.807) is 29.8 Å². The number of nitrogens with zero attached hydrogens (tertiary/aromatic N) is 3. The molecule has 0 aliphatic carbocycles. The minimum Gasteiger partial charge on any atom is -0.508 e. The van der Waals surface area contributed by atoms with Crippen LogP contribution >= 0.6 is 22.7 Å². The van der Waals surface area contributed by atoms with Crippen molar-refractivity contribution < 1.29 is 5.11 Å². The van der Waals surface area contributed by atoms with Gasteiger partial charge in [0, 0.05) is 59.1 Å². The molecule has 1 aromatic carbocycles. The molecular weight excluding hydrogens is 402 g/mol. The van der Waals surface area contributed by atoms with Crippen molar-refractivity contribution in [1.82, 2.24) is 20.2 Å². The molecule has 0 bridgehead atoms. The lowest BCUT2D eigenvalue weighted by atomic mass is 10.3. The normalized spacial score (nSPS) is 15.0. The number of thiophene rings is 2. The number of hydrogen-bond donors (Lipinski definition) is 3. The Labute approximate surface area is 176 Å². The molecule has 0 unspecified atom stereocenters. The molecule has 0 saturated carbocycles. The largest absolute Gasteiger partial charge is 0.508 e. The Morgan fingerprint density at radius 2 is 1.93 bits per heavy atom. The number of piperazine rings is 1. The molecule has 4 aromatic rings. The predicted octanol–water partition coefficient (Wildman–Crippen LogP) is 4.27. The zero-order valence-electron chi connectivity index (χ0n) is 15.8. The standard InChI is InChI=1S/C21H21N5OS2/c27-15-3-1-2-14(10-15)25-21-20-17(23-13-24-21)11-19(29-20)18-5-4-16(28-18)12-26-8-6-22-7-9-26/h1-5,10-11,13,22,27H,6-9,12H2,(H,23,24,25). The van der Waals surface area contributed by atoms with Crippen LogP contribution < -0.4 is 10.6 Å². The van der Waals surface area contributed by atoms with E-state index in [1.807, 2.05) is 23.5 Å². The Morgan fingerprint density at radius 3 is 2.79 bits per heavy atom. The van der Waals surface area contributed by atoms with Crippen molar-refractivity contribution in [2.24, 2.45) is 0 Å². The summed E-state index contributed by atoms with van der Waals surface area (Å²) in [5.41, 5.74) is 1.73. The minimum atomic E-state index is 0.225. The summed E-state index contributed by atoms with van der Waals surface area (Å²) in [6, 6.07) is 13.6. The molecule has 1 aliphatic heterocycles. The molecule has 3 aromatic heterocycles. The van der Waals surface area contributed by atoms with Crippen LogP contribution in [0.4, 0.5) is 11.5 Å². The van der Waals surface area contributed by atoms with Gasteiger partial charge in [-0.2, -0.15) is 0 Å². The molecule has 0 atom stereocenters. The lowest BCUT2D eigenvalue weighted by molar-refractivity contribution is 0.235. The van der Waals surface area contributed by atoms with Gasteiger partial charge in [-0.25, -0.2) is 9.97 Å². The van der Waals surface area contributed by atoms with Crippen LogP contribution in [0.1, 0.15) is 4.88 Å². The van der Waals surface area contributed by atoms with Gasteiger partial charge in [0.1, 0.15) is 12.1 Å². The van der Waals surface area contributed by atoms with Gasteiger partial charge in [-0.3, -0.25) is 4.90 Å². The molecule has 4 heterocycles. The lowest BCUT2D eigenvalue weighted by Gasteiger charge is -2.26. The van der Waals surface area contributed by atoms with Crippen molar-refractivity contribution >= 4 is 44.4 Å². The summed E-state index contributed by atoms with van der Waals surface area (Å²) in [6.45, 7) is 5.37. The first-order valence-electron chi connectivity index (χ1n) is 9.57. The Bertz CT molecular complexity index is 1130. The fourth-order valence-electron chi connectivity index (χ4n) is 3.47. The first-order chi connectivity index (χ1) is 14.2. The molecule has 148 valence electrons. The highest BCUT2D eigenvalue weighted by molar-refractivity contribution is 7.26. The molecule has 29 heavy (non-hydrogen) atoms. The van der Waals surface area contributed by atoms with E-state index in [0.29, 0.717) is 0 Å². The van der Waals surface area contributed by atoms with E-state index < -0.39 is 0 Å². The number of aromatic hydroxyl groups is 1. The van der Waals surface area contributed by atoms with E-state index in [0.717, 1.165) is 54.4 Å². The molecule has 0 amide bonds. The summed E-state index contributed by atoms with van der Waals surface area (Å²) in [5, 5.41) is 16.4. The number of benzene rings is 1. The van der Waals surface area contributed by atoms with E-state index in [9.17, 15) is 5.11 Å². The van der Waals surface area contributed by atoms with Gasteiger partial charge < -0.3 is 15.7 Å². The highest BCUT2D eigenvalue weighted by atomic mass is 32.1. The van der Waals surface area contributed by atoms with Crippen LogP contribution in [-0.2, 0) is 6.54 Å². The third kappa shape index (κ3) is 4.11. The van der Waals surface area contributed by atoms with Gasteiger partial charge in [0.25, 0.3) is 0 Å². The van der Waals surface area contributed by atoms with Crippen molar-refractivity contribution in [3.63, 3.8) is 0 Å². The molecule has 1 fully saturated rings. The second-order valence-electron chi connectivity index (χ2n) is 7.01. The molecule has 3 N–H and O–H groups in total. The van der Waals surface area contributed by atoms with Crippen LogP contribution in [0.2, 0.25) is 0 Å². The van der Waals surface area contributed by atoms with Gasteiger partial charge >= 0.3 is 0 Å². The maximum absolute atomic E-state index is 9.70. The number of phenols is 1. The summed E-state index contributed by atoms with van der Waals surface area (Å²) in [7, 11) is 0. The Kier molecular flexibility index (Phi) is 5.15. The highest BCUT2D eigenvalue weighted by Crippen LogP contribution is 2.39. The van der Waals surface area contributed by atoms with Crippen molar-refractivity contribution in [3.05, 3.63) is 53.7 Å². The highest BCUT2D eigenvalue weighted by Gasteiger charge is 2.14. The maximum atomic E-state index is 9.70. The second-order valence-corrected chi connectivity index (χ2v) is 9.24. The molecule has 5 rings (SSSR count). The molecule has 6 nitrogen and oxygen atoms in total. The molecule has 1 saturated heterocycles. The summed E-state index contributed by atoms with van der Waals surface area (Å²) < 4.78 is 1.02. The van der Waals surface area contributed by atoms with Crippen LogP contribution in [0.3, 0.4) is 0 Å². The van der Waals surface area contributed by atoms with E-state index in [4.69, 9.17) is 0 Å². The van der Waals surface area contributed by atoms with Crippen LogP contribution in [0.5, 0.6) is 5.75 Å². The first kappa shape index (κ1) is 18.5. The Balaban J connectivity index is 1.40. The van der Waals surface area contributed by atoms with Crippen LogP contribution in [0, 0.1) is 0 Å². The van der Waals surface area contributed by atoms with Crippen LogP contribution in [0.15, 0.2) is 48.8 Å². The van der Waals surface area contributed by atoms with Crippen molar-refractivity contribution in [2.45, 2.75) is 6.54 Å². The fraction of sp³-hybridized carbons (Fsp3) is 0.238. The third-order valence-corrected chi connectivity index (χ3v) is 7.31. The topological polar surface area (TPSA) is 73.3 Å². The average molecular weight is 424 g/mol. The van der Waals surface area contributed by atoms with Crippen molar-refractivity contribution in [1.29, 1.82) is 0 Å². The van der Waals surface area contributed by atoms with Crippen molar-refractivity contribution in [3.8, 4) is 15.5 Å². The van der Waals surface area contributed by atoms with Crippen molar-refractivity contribution in [2.75, 3.05) is 31.5 Å². The zero-order chi connectivity index (χ0) is 19.6. The van der Waals surface area contributed by atoms with Gasteiger partial charge in [0.05, 0.1) is 10.2 Å². The van der Waals surface area contributed by atoms with Crippen LogP contribution in [0.25, 0.3) is 20.0 Å². The number of fused-ring (bicyclic) bond motifs is 1. The Morgan fingerprint density at radius 1 is 1.03 bits per heavy atom. The maximum Gasteiger partial charge on any atom is 0.151 e. The monoisotopic (exact) mass is 423 g/mol. The van der Waals surface area contributed by atoms with E-state index >= 15 is 0 Å². The smallest absolute Gasteiger partial charge is 0.151 e. The Hall–Kier alpha value is -2.52. The van der Waals surface area contributed by atoms with Gasteiger partial charge in [-0.1, -0.05) is 6.07 Å². The zero-order valence-corrected chi connectivity index (χ0v) is 17.4. The van der Waals surface area contributed by atoms with Gasteiger partial charge in [0.15, 0.2) is 5.82 Å². The minimum absolute atomic E-state index is 0.225. The quantitative estimate of drug-likeness (QED) is 0.445. The molecule has 0 radical (unpaired) electrons. The van der Waals surface area contributed by atoms with E-state index in [-0.39, 0.29) is 5.75 Å². The number of rotatable bonds is 5. The second kappa shape index (κ2) is 8.08.